The average Bonchev–Trinajstić information content (AvgIpc) is 2.61. The van der Waals surface area contributed by atoms with E-state index in [1.807, 2.05) is 36.4 Å². The summed E-state index contributed by atoms with van der Waals surface area (Å²) in [7, 11) is 0. The smallest absolute Gasteiger partial charge is 0.251 e. The van der Waals surface area contributed by atoms with Crippen molar-refractivity contribution in [3.8, 4) is 0 Å². The summed E-state index contributed by atoms with van der Waals surface area (Å²) in [5, 5.41) is 2.84. The molecule has 5 N–H and O–H groups in total. The SMILES string of the molecule is NC(=S)SC(N)=NC(=O)CC(NC(=O)c1ccccc1)c1ccccc1. The van der Waals surface area contributed by atoms with Crippen molar-refractivity contribution >= 4 is 45.3 Å². The monoisotopic (exact) mass is 386 g/mol. The quantitative estimate of drug-likeness (QED) is 0.413. The zero-order chi connectivity index (χ0) is 18.9. The van der Waals surface area contributed by atoms with Crippen LogP contribution in [0.5, 0.6) is 0 Å². The molecule has 0 saturated carbocycles. The summed E-state index contributed by atoms with van der Waals surface area (Å²) in [6.07, 6.45) is -0.0405. The number of rotatable bonds is 5. The first-order valence-corrected chi connectivity index (χ1v) is 8.93. The topological polar surface area (TPSA) is 111 Å². The third-order valence-electron chi connectivity index (χ3n) is 3.36. The molecule has 0 radical (unpaired) electrons. The van der Waals surface area contributed by atoms with Crippen LogP contribution in [0.15, 0.2) is 65.7 Å². The van der Waals surface area contributed by atoms with E-state index >= 15 is 0 Å². The number of thiocarbonyl (C=S) groups is 1. The van der Waals surface area contributed by atoms with Gasteiger partial charge in [0.2, 0.25) is 5.91 Å². The van der Waals surface area contributed by atoms with Crippen molar-refractivity contribution in [3.05, 3.63) is 71.8 Å². The highest BCUT2D eigenvalue weighted by Gasteiger charge is 2.19. The molecular weight excluding hydrogens is 368 g/mol. The minimum absolute atomic E-state index is 0.0244. The summed E-state index contributed by atoms with van der Waals surface area (Å²) in [5.74, 6) is -0.754. The lowest BCUT2D eigenvalue weighted by atomic mass is 10.0. The van der Waals surface area contributed by atoms with Gasteiger partial charge in [-0.25, -0.2) is 0 Å². The van der Waals surface area contributed by atoms with Crippen LogP contribution in [0.4, 0.5) is 0 Å². The number of nitrogens with zero attached hydrogens (tertiary/aromatic N) is 1. The third-order valence-corrected chi connectivity index (χ3v) is 4.11. The van der Waals surface area contributed by atoms with Gasteiger partial charge in [0.25, 0.3) is 5.91 Å². The Balaban J connectivity index is 2.16. The van der Waals surface area contributed by atoms with Gasteiger partial charge in [0.1, 0.15) is 4.32 Å². The number of carbonyl (C=O) groups excluding carboxylic acids is 2. The summed E-state index contributed by atoms with van der Waals surface area (Å²) in [6, 6.07) is 17.4. The molecule has 0 spiro atoms. The molecular formula is C18H18N4O2S2. The average molecular weight is 387 g/mol. The van der Waals surface area contributed by atoms with Crippen LogP contribution in [0.25, 0.3) is 0 Å². The molecule has 0 aliphatic heterocycles. The first kappa shape index (κ1) is 19.6. The van der Waals surface area contributed by atoms with Crippen molar-refractivity contribution in [1.82, 2.24) is 5.32 Å². The van der Waals surface area contributed by atoms with Crippen LogP contribution in [-0.2, 0) is 4.79 Å². The van der Waals surface area contributed by atoms with E-state index in [2.05, 4.69) is 10.3 Å². The van der Waals surface area contributed by atoms with Gasteiger partial charge in [-0.1, -0.05) is 60.7 Å². The molecule has 1 atom stereocenters. The standard InChI is InChI=1S/C18H18N4O2S2/c19-17(26-18(20)25)22-15(23)11-14(12-7-3-1-4-8-12)21-16(24)13-9-5-2-6-10-13/h1-10,14H,11H2,(H2,20,25)(H,21,24)(H2,19,22,23). The molecule has 0 bridgehead atoms. The minimum Gasteiger partial charge on any atom is -0.384 e. The maximum absolute atomic E-state index is 12.5. The Morgan fingerprint density at radius 3 is 2.19 bits per heavy atom. The van der Waals surface area contributed by atoms with Crippen LogP contribution in [0.2, 0.25) is 0 Å². The van der Waals surface area contributed by atoms with Crippen LogP contribution in [0.3, 0.4) is 0 Å². The maximum atomic E-state index is 12.5. The van der Waals surface area contributed by atoms with Gasteiger partial charge in [0, 0.05) is 5.56 Å². The summed E-state index contributed by atoms with van der Waals surface area (Å²) >= 11 is 5.56. The number of hydrogen-bond acceptors (Lipinski definition) is 4. The number of thioether (sulfide) groups is 1. The van der Waals surface area contributed by atoms with Gasteiger partial charge in [0.05, 0.1) is 12.5 Å². The highest BCUT2D eigenvalue weighted by atomic mass is 32.2. The van der Waals surface area contributed by atoms with E-state index in [4.69, 9.17) is 23.7 Å². The second kappa shape index (κ2) is 9.69. The van der Waals surface area contributed by atoms with Crippen molar-refractivity contribution in [2.24, 2.45) is 16.5 Å². The van der Waals surface area contributed by atoms with Gasteiger partial charge in [-0.15, -0.1) is 0 Å². The number of nitrogens with two attached hydrogens (primary N) is 2. The fourth-order valence-electron chi connectivity index (χ4n) is 2.24. The Morgan fingerprint density at radius 1 is 1.04 bits per heavy atom. The van der Waals surface area contributed by atoms with Gasteiger partial charge < -0.3 is 16.8 Å². The van der Waals surface area contributed by atoms with E-state index in [1.165, 1.54) is 0 Å². The van der Waals surface area contributed by atoms with Crippen molar-refractivity contribution in [1.29, 1.82) is 0 Å². The molecule has 0 aliphatic carbocycles. The van der Waals surface area contributed by atoms with Crippen molar-refractivity contribution in [3.63, 3.8) is 0 Å². The number of aliphatic imine (C=N–C) groups is 1. The Kier molecular flexibility index (Phi) is 7.31. The van der Waals surface area contributed by atoms with Crippen LogP contribution in [0.1, 0.15) is 28.4 Å². The number of benzene rings is 2. The molecule has 26 heavy (non-hydrogen) atoms. The molecule has 2 aromatic carbocycles. The molecule has 1 unspecified atom stereocenters. The van der Waals surface area contributed by atoms with Crippen LogP contribution in [0, 0.1) is 0 Å². The molecule has 134 valence electrons. The first-order chi connectivity index (χ1) is 12.5. The molecule has 2 rings (SSSR count). The van der Waals surface area contributed by atoms with Crippen molar-refractivity contribution in [2.45, 2.75) is 12.5 Å². The molecule has 0 aromatic heterocycles. The Labute approximate surface area is 161 Å². The highest BCUT2D eigenvalue weighted by Crippen LogP contribution is 2.18. The minimum atomic E-state index is -0.539. The fourth-order valence-corrected chi connectivity index (χ4v) is 2.85. The van der Waals surface area contributed by atoms with Crippen LogP contribution in [-0.4, -0.2) is 21.3 Å². The molecule has 2 aromatic rings. The second-order valence-corrected chi connectivity index (χ2v) is 7.03. The van der Waals surface area contributed by atoms with E-state index in [0.29, 0.717) is 5.56 Å². The Bertz CT molecular complexity index is 810. The van der Waals surface area contributed by atoms with Crippen molar-refractivity contribution in [2.75, 3.05) is 0 Å². The van der Waals surface area contributed by atoms with Gasteiger partial charge in [0.15, 0.2) is 5.17 Å². The van der Waals surface area contributed by atoms with Gasteiger partial charge >= 0.3 is 0 Å². The highest BCUT2D eigenvalue weighted by molar-refractivity contribution is 8.32. The van der Waals surface area contributed by atoms with E-state index in [-0.39, 0.29) is 21.8 Å². The van der Waals surface area contributed by atoms with Gasteiger partial charge in [-0.3, -0.25) is 9.59 Å². The van der Waals surface area contributed by atoms with Gasteiger partial charge in [-0.05, 0) is 29.5 Å². The van der Waals surface area contributed by atoms with E-state index in [1.54, 1.807) is 24.3 Å². The molecule has 0 fully saturated rings. The predicted octanol–water partition coefficient (Wildman–Crippen LogP) is 2.37. The molecule has 0 aliphatic rings. The largest absolute Gasteiger partial charge is 0.384 e. The first-order valence-electron chi connectivity index (χ1n) is 7.71. The van der Waals surface area contributed by atoms with Crippen molar-refractivity contribution < 1.29 is 9.59 Å². The number of amidine groups is 1. The normalized spacial score (nSPS) is 12.2. The molecule has 0 heterocycles. The zero-order valence-corrected chi connectivity index (χ0v) is 15.4. The van der Waals surface area contributed by atoms with E-state index in [9.17, 15) is 9.59 Å². The lowest BCUT2D eigenvalue weighted by Crippen LogP contribution is -2.30. The lowest BCUT2D eigenvalue weighted by molar-refractivity contribution is -0.118. The molecule has 0 saturated heterocycles. The second-order valence-electron chi connectivity index (χ2n) is 5.27. The summed E-state index contributed by atoms with van der Waals surface area (Å²) in [6.45, 7) is 0. The lowest BCUT2D eigenvalue weighted by Gasteiger charge is -2.18. The number of nitrogens with one attached hydrogen (secondary N) is 1. The summed E-state index contributed by atoms with van der Waals surface area (Å²) in [4.78, 5) is 28.4. The van der Waals surface area contributed by atoms with Gasteiger partial charge in [-0.2, -0.15) is 4.99 Å². The summed E-state index contributed by atoms with van der Waals surface area (Å²) in [5.41, 5.74) is 12.3. The zero-order valence-electron chi connectivity index (χ0n) is 13.8. The Hall–Kier alpha value is -2.71. The number of carbonyl (C=O) groups is 2. The number of amides is 2. The predicted molar refractivity (Wildman–Crippen MR) is 109 cm³/mol. The number of hydrogen-bond donors (Lipinski definition) is 3. The van der Waals surface area contributed by atoms with E-state index < -0.39 is 11.9 Å². The van der Waals surface area contributed by atoms with Crippen LogP contribution >= 0.6 is 24.0 Å². The van der Waals surface area contributed by atoms with Crippen LogP contribution < -0.4 is 16.8 Å². The molecule has 8 heteroatoms. The third kappa shape index (κ3) is 6.30. The fraction of sp³-hybridized carbons (Fsp3) is 0.111. The maximum Gasteiger partial charge on any atom is 0.251 e. The summed E-state index contributed by atoms with van der Waals surface area (Å²) < 4.78 is 0.0797. The molecule has 2 amide bonds. The van der Waals surface area contributed by atoms with E-state index in [0.717, 1.165) is 17.3 Å². The molecule has 6 nitrogen and oxygen atoms in total. The Morgan fingerprint density at radius 2 is 1.62 bits per heavy atom.